The van der Waals surface area contributed by atoms with E-state index in [1.165, 1.54) is 12.8 Å². The van der Waals surface area contributed by atoms with Gasteiger partial charge < -0.3 is 20.1 Å². The molecule has 2 rings (SSSR count). The summed E-state index contributed by atoms with van der Waals surface area (Å²) in [7, 11) is 0. The Kier molecular flexibility index (Phi) is 6.32. The Bertz CT molecular complexity index is 394. The molecular formula is C18H34N2O3. The van der Waals surface area contributed by atoms with Crippen molar-refractivity contribution in [3.8, 4) is 0 Å². The molecule has 23 heavy (non-hydrogen) atoms. The lowest BCUT2D eigenvalue weighted by molar-refractivity contribution is -0.128. The van der Waals surface area contributed by atoms with Crippen LogP contribution in [0, 0.1) is 11.8 Å². The molecule has 5 atom stereocenters. The van der Waals surface area contributed by atoms with Gasteiger partial charge in [-0.25, -0.2) is 4.79 Å². The smallest absolute Gasteiger partial charge is 0.407 e. The van der Waals surface area contributed by atoms with Crippen LogP contribution in [0.3, 0.4) is 0 Å². The standard InChI is InChI=1S/C18H34N2O3/c1-6-8-12(2)11-19-15-14(13-9-7-10-22-16(13)15)20-17(21)23-18(3,4)5/h12-16,19H,6-11H2,1-5H3,(H,20,21). The van der Waals surface area contributed by atoms with E-state index in [2.05, 4.69) is 24.5 Å². The Morgan fingerprint density at radius 3 is 2.74 bits per heavy atom. The first-order valence-electron chi connectivity index (χ1n) is 9.16. The molecule has 0 aromatic heterocycles. The van der Waals surface area contributed by atoms with Gasteiger partial charge in [0.05, 0.1) is 18.2 Å². The summed E-state index contributed by atoms with van der Waals surface area (Å²) < 4.78 is 11.4. The highest BCUT2D eigenvalue weighted by Crippen LogP contribution is 2.38. The van der Waals surface area contributed by atoms with Crippen molar-refractivity contribution in [1.82, 2.24) is 10.6 Å². The van der Waals surface area contributed by atoms with E-state index in [4.69, 9.17) is 9.47 Å². The summed E-state index contributed by atoms with van der Waals surface area (Å²) in [6.07, 6.45) is 4.53. The summed E-state index contributed by atoms with van der Waals surface area (Å²) in [6.45, 7) is 12.0. The van der Waals surface area contributed by atoms with E-state index in [0.29, 0.717) is 11.8 Å². The number of ether oxygens (including phenoxy) is 2. The second-order valence-corrected chi connectivity index (χ2v) is 8.14. The van der Waals surface area contributed by atoms with Crippen molar-refractivity contribution in [3.05, 3.63) is 0 Å². The predicted molar refractivity (Wildman–Crippen MR) is 91.5 cm³/mol. The van der Waals surface area contributed by atoms with E-state index in [1.807, 2.05) is 20.8 Å². The number of alkyl carbamates (subject to hydrolysis) is 1. The molecule has 0 bridgehead atoms. The maximum atomic E-state index is 12.1. The number of nitrogens with one attached hydrogen (secondary N) is 2. The van der Waals surface area contributed by atoms with Gasteiger partial charge in [-0.15, -0.1) is 0 Å². The van der Waals surface area contributed by atoms with Gasteiger partial charge in [0.15, 0.2) is 0 Å². The number of rotatable bonds is 6. The molecule has 0 spiro atoms. The minimum absolute atomic E-state index is 0.115. The van der Waals surface area contributed by atoms with Gasteiger partial charge in [0.25, 0.3) is 0 Å². The summed E-state index contributed by atoms with van der Waals surface area (Å²) in [5.41, 5.74) is -0.463. The third kappa shape index (κ3) is 5.08. The first kappa shape index (κ1) is 18.5. The van der Waals surface area contributed by atoms with Gasteiger partial charge in [-0.05, 0) is 52.5 Å². The Balaban J connectivity index is 1.90. The molecule has 134 valence electrons. The fourth-order valence-corrected chi connectivity index (χ4v) is 3.72. The third-order valence-electron chi connectivity index (χ3n) is 4.78. The maximum Gasteiger partial charge on any atom is 0.407 e. The van der Waals surface area contributed by atoms with Gasteiger partial charge in [0.1, 0.15) is 5.60 Å². The maximum absolute atomic E-state index is 12.1. The molecule has 5 heteroatoms. The Morgan fingerprint density at radius 2 is 2.09 bits per heavy atom. The van der Waals surface area contributed by atoms with Crippen LogP contribution >= 0.6 is 0 Å². The van der Waals surface area contributed by atoms with E-state index >= 15 is 0 Å². The molecule has 2 N–H and O–H groups in total. The molecule has 2 fully saturated rings. The predicted octanol–water partition coefficient (Wildman–Crippen LogP) is 3.08. The van der Waals surface area contributed by atoms with Crippen molar-refractivity contribution in [2.45, 2.75) is 84.1 Å². The van der Waals surface area contributed by atoms with Gasteiger partial charge in [-0.3, -0.25) is 0 Å². The molecule has 5 unspecified atom stereocenters. The van der Waals surface area contributed by atoms with Crippen LogP contribution in [0.4, 0.5) is 4.79 Å². The fourth-order valence-electron chi connectivity index (χ4n) is 3.72. The van der Waals surface area contributed by atoms with Crippen LogP contribution in [-0.2, 0) is 9.47 Å². The van der Waals surface area contributed by atoms with Crippen molar-refractivity contribution >= 4 is 6.09 Å². The quantitative estimate of drug-likeness (QED) is 0.787. The van der Waals surface area contributed by atoms with E-state index in [-0.39, 0.29) is 24.3 Å². The Morgan fingerprint density at radius 1 is 1.35 bits per heavy atom. The Labute approximate surface area is 140 Å². The van der Waals surface area contributed by atoms with Crippen molar-refractivity contribution < 1.29 is 14.3 Å². The minimum Gasteiger partial charge on any atom is -0.444 e. The summed E-state index contributed by atoms with van der Waals surface area (Å²) in [5.74, 6) is 1.06. The normalized spacial score (nSPS) is 31.7. The van der Waals surface area contributed by atoms with Crippen molar-refractivity contribution in [3.63, 3.8) is 0 Å². The number of carbonyl (C=O) groups is 1. The molecule has 5 nitrogen and oxygen atoms in total. The van der Waals surface area contributed by atoms with Crippen LogP contribution < -0.4 is 10.6 Å². The van der Waals surface area contributed by atoms with Gasteiger partial charge in [0.2, 0.25) is 0 Å². The second-order valence-electron chi connectivity index (χ2n) is 8.14. The molecule has 1 saturated carbocycles. The van der Waals surface area contributed by atoms with Gasteiger partial charge >= 0.3 is 6.09 Å². The number of hydrogen-bond acceptors (Lipinski definition) is 4. The first-order chi connectivity index (χ1) is 10.8. The first-order valence-corrected chi connectivity index (χ1v) is 9.16. The molecule has 1 amide bonds. The van der Waals surface area contributed by atoms with Crippen LogP contribution in [0.1, 0.15) is 60.3 Å². The molecule has 0 aromatic rings. The highest BCUT2D eigenvalue weighted by molar-refractivity contribution is 5.68. The van der Waals surface area contributed by atoms with Crippen molar-refractivity contribution in [1.29, 1.82) is 0 Å². The van der Waals surface area contributed by atoms with E-state index in [1.54, 1.807) is 0 Å². The van der Waals surface area contributed by atoms with Crippen LogP contribution in [0.2, 0.25) is 0 Å². The van der Waals surface area contributed by atoms with E-state index in [0.717, 1.165) is 26.0 Å². The van der Waals surface area contributed by atoms with Gasteiger partial charge in [-0.1, -0.05) is 20.3 Å². The second kappa shape index (κ2) is 7.84. The van der Waals surface area contributed by atoms with Crippen LogP contribution in [0.25, 0.3) is 0 Å². The number of amides is 1. The topological polar surface area (TPSA) is 59.6 Å². The van der Waals surface area contributed by atoms with E-state index in [9.17, 15) is 4.79 Å². The SMILES string of the molecule is CCCC(C)CNC1C(NC(=O)OC(C)(C)C)C2CCCOC21. The summed E-state index contributed by atoms with van der Waals surface area (Å²) in [5, 5.41) is 6.70. The average Bonchev–Trinajstić information content (AvgIpc) is 2.44. The summed E-state index contributed by atoms with van der Waals surface area (Å²) >= 11 is 0. The monoisotopic (exact) mass is 326 g/mol. The zero-order valence-corrected chi connectivity index (χ0v) is 15.4. The highest BCUT2D eigenvalue weighted by Gasteiger charge is 2.53. The minimum atomic E-state index is -0.463. The number of carbonyl (C=O) groups excluding carboxylic acids is 1. The zero-order chi connectivity index (χ0) is 17.0. The molecule has 1 aliphatic heterocycles. The van der Waals surface area contributed by atoms with Crippen LogP contribution in [0.5, 0.6) is 0 Å². The highest BCUT2D eigenvalue weighted by atomic mass is 16.6. The lowest BCUT2D eigenvalue weighted by atomic mass is 9.68. The lowest BCUT2D eigenvalue weighted by Gasteiger charge is -2.54. The van der Waals surface area contributed by atoms with Crippen molar-refractivity contribution in [2.75, 3.05) is 13.2 Å². The molecular weight excluding hydrogens is 292 g/mol. The van der Waals surface area contributed by atoms with Crippen LogP contribution in [-0.4, -0.2) is 43.0 Å². The lowest BCUT2D eigenvalue weighted by Crippen LogP contribution is -2.73. The molecule has 1 saturated heterocycles. The Hall–Kier alpha value is -0.810. The molecule has 2 aliphatic rings. The van der Waals surface area contributed by atoms with Gasteiger partial charge in [0, 0.05) is 12.5 Å². The largest absolute Gasteiger partial charge is 0.444 e. The number of hydrogen-bond donors (Lipinski definition) is 2. The van der Waals surface area contributed by atoms with Crippen molar-refractivity contribution in [2.24, 2.45) is 11.8 Å². The van der Waals surface area contributed by atoms with E-state index < -0.39 is 5.60 Å². The van der Waals surface area contributed by atoms with Gasteiger partial charge in [-0.2, -0.15) is 0 Å². The zero-order valence-electron chi connectivity index (χ0n) is 15.4. The summed E-state index contributed by atoms with van der Waals surface area (Å²) in [4.78, 5) is 12.1. The summed E-state index contributed by atoms with van der Waals surface area (Å²) in [6, 6.07) is 0.316. The van der Waals surface area contributed by atoms with Crippen LogP contribution in [0.15, 0.2) is 0 Å². The molecule has 0 aromatic carbocycles. The molecule has 1 heterocycles. The molecule has 0 radical (unpaired) electrons. The third-order valence-corrected chi connectivity index (χ3v) is 4.78. The molecule has 1 aliphatic carbocycles. The fraction of sp³-hybridized carbons (Fsp3) is 0.944. The number of fused-ring (bicyclic) bond motifs is 1. The average molecular weight is 326 g/mol.